The van der Waals surface area contributed by atoms with Crippen molar-refractivity contribution in [2.45, 2.75) is 57.2 Å². The third-order valence-corrected chi connectivity index (χ3v) is 7.36. The van der Waals surface area contributed by atoms with Crippen LogP contribution >= 0.6 is 11.8 Å². The fraction of sp³-hybridized carbons (Fsp3) is 0.440. The lowest BCUT2D eigenvalue weighted by atomic mass is 9.88. The molecule has 0 bridgehead atoms. The van der Waals surface area contributed by atoms with Crippen LogP contribution in [0.25, 0.3) is 0 Å². The zero-order chi connectivity index (χ0) is 21.1. The van der Waals surface area contributed by atoms with Crippen LogP contribution in [0.5, 0.6) is 0 Å². The van der Waals surface area contributed by atoms with Gasteiger partial charge in [-0.15, -0.1) is 11.8 Å². The molecule has 158 valence electrons. The van der Waals surface area contributed by atoms with Crippen molar-refractivity contribution in [1.29, 1.82) is 0 Å². The Morgan fingerprint density at radius 3 is 2.30 bits per heavy atom. The van der Waals surface area contributed by atoms with Crippen LogP contribution in [0.4, 0.5) is 11.4 Å². The Bertz CT molecular complexity index is 886. The van der Waals surface area contributed by atoms with Crippen molar-refractivity contribution in [3.05, 3.63) is 59.7 Å². The van der Waals surface area contributed by atoms with Crippen molar-refractivity contribution in [1.82, 2.24) is 0 Å². The topological polar surface area (TPSA) is 49.4 Å². The van der Waals surface area contributed by atoms with E-state index in [0.717, 1.165) is 42.6 Å². The summed E-state index contributed by atoms with van der Waals surface area (Å²) in [6.07, 6.45) is 5.54. The summed E-state index contributed by atoms with van der Waals surface area (Å²) in [5.41, 5.74) is 4.12. The highest BCUT2D eigenvalue weighted by Gasteiger charge is 2.34. The molecule has 1 heterocycles. The number of carbonyl (C=O) groups excluding carboxylic acids is 2. The molecule has 2 fully saturated rings. The molecule has 1 N–H and O–H groups in total. The van der Waals surface area contributed by atoms with Crippen LogP contribution in [-0.4, -0.2) is 17.6 Å². The van der Waals surface area contributed by atoms with E-state index in [9.17, 15) is 9.59 Å². The van der Waals surface area contributed by atoms with Gasteiger partial charge in [0.1, 0.15) is 5.37 Å². The summed E-state index contributed by atoms with van der Waals surface area (Å²) < 4.78 is 0. The van der Waals surface area contributed by atoms with Gasteiger partial charge in [-0.05, 0) is 54.2 Å². The van der Waals surface area contributed by atoms with Gasteiger partial charge in [0.2, 0.25) is 11.8 Å². The predicted octanol–water partition coefficient (Wildman–Crippen LogP) is 6.11. The van der Waals surface area contributed by atoms with E-state index >= 15 is 0 Å². The van der Waals surface area contributed by atoms with Crippen LogP contribution in [0.1, 0.15) is 68.4 Å². The SMILES string of the molecule is CC(C)c1ccc(N2C(=O)CS[C@H]2c2ccc(NC(=O)C3CCCCC3)cc2)cc1. The molecule has 2 aliphatic rings. The zero-order valence-corrected chi connectivity index (χ0v) is 18.6. The van der Waals surface area contributed by atoms with Crippen LogP contribution in [0.15, 0.2) is 48.5 Å². The van der Waals surface area contributed by atoms with Crippen LogP contribution < -0.4 is 10.2 Å². The van der Waals surface area contributed by atoms with Crippen molar-refractivity contribution >= 4 is 35.0 Å². The van der Waals surface area contributed by atoms with E-state index in [-0.39, 0.29) is 23.1 Å². The lowest BCUT2D eigenvalue weighted by Gasteiger charge is -2.25. The Labute approximate surface area is 183 Å². The number of nitrogens with one attached hydrogen (secondary N) is 1. The van der Waals surface area contributed by atoms with Gasteiger partial charge in [0, 0.05) is 17.3 Å². The van der Waals surface area contributed by atoms with Gasteiger partial charge in [0.05, 0.1) is 5.75 Å². The summed E-state index contributed by atoms with van der Waals surface area (Å²) in [7, 11) is 0. The highest BCUT2D eigenvalue weighted by Crippen LogP contribution is 2.42. The quantitative estimate of drug-likeness (QED) is 0.633. The average molecular weight is 423 g/mol. The average Bonchev–Trinajstić information content (AvgIpc) is 3.16. The van der Waals surface area contributed by atoms with Crippen LogP contribution in [0.2, 0.25) is 0 Å². The molecular weight excluding hydrogens is 392 g/mol. The molecule has 1 aliphatic heterocycles. The first-order valence-corrected chi connectivity index (χ1v) is 12.0. The second-order valence-electron chi connectivity index (χ2n) is 8.62. The first kappa shape index (κ1) is 21.0. The van der Waals surface area contributed by atoms with E-state index < -0.39 is 0 Å². The molecule has 4 nitrogen and oxygen atoms in total. The highest BCUT2D eigenvalue weighted by molar-refractivity contribution is 8.00. The molecule has 0 unspecified atom stereocenters. The highest BCUT2D eigenvalue weighted by atomic mass is 32.2. The van der Waals surface area contributed by atoms with E-state index in [4.69, 9.17) is 0 Å². The minimum atomic E-state index is -0.0366. The zero-order valence-electron chi connectivity index (χ0n) is 17.8. The summed E-state index contributed by atoms with van der Waals surface area (Å²) in [5.74, 6) is 1.37. The fourth-order valence-corrected chi connectivity index (χ4v) is 5.49. The van der Waals surface area contributed by atoms with E-state index in [1.807, 2.05) is 41.3 Å². The first-order chi connectivity index (χ1) is 14.5. The molecule has 5 heteroatoms. The molecule has 1 saturated carbocycles. The fourth-order valence-electron chi connectivity index (χ4n) is 4.31. The smallest absolute Gasteiger partial charge is 0.238 e. The number of hydrogen-bond acceptors (Lipinski definition) is 3. The number of amides is 2. The molecule has 0 radical (unpaired) electrons. The molecular formula is C25H30N2O2S. The third kappa shape index (κ3) is 4.56. The molecule has 2 amide bonds. The monoisotopic (exact) mass is 422 g/mol. The van der Waals surface area contributed by atoms with Gasteiger partial charge in [0.15, 0.2) is 0 Å². The third-order valence-electron chi connectivity index (χ3n) is 6.15. The second kappa shape index (κ2) is 9.25. The summed E-state index contributed by atoms with van der Waals surface area (Å²) in [5, 5.41) is 3.04. The molecule has 1 saturated heterocycles. The lowest BCUT2D eigenvalue weighted by Crippen LogP contribution is -2.27. The van der Waals surface area contributed by atoms with Crippen LogP contribution in [0, 0.1) is 5.92 Å². The number of benzene rings is 2. The largest absolute Gasteiger partial charge is 0.326 e. The maximum Gasteiger partial charge on any atom is 0.238 e. The number of carbonyl (C=O) groups is 2. The Kier molecular flexibility index (Phi) is 6.47. The van der Waals surface area contributed by atoms with Crippen molar-refractivity contribution in [2.24, 2.45) is 5.92 Å². The first-order valence-electron chi connectivity index (χ1n) is 11.0. The molecule has 30 heavy (non-hydrogen) atoms. The Morgan fingerprint density at radius 1 is 1.00 bits per heavy atom. The number of anilines is 2. The van der Waals surface area contributed by atoms with Gasteiger partial charge in [-0.2, -0.15) is 0 Å². The van der Waals surface area contributed by atoms with E-state index in [1.165, 1.54) is 12.0 Å². The van der Waals surface area contributed by atoms with Crippen LogP contribution in [0.3, 0.4) is 0 Å². The molecule has 1 atom stereocenters. The number of hydrogen-bond donors (Lipinski definition) is 1. The molecule has 1 aliphatic carbocycles. The summed E-state index contributed by atoms with van der Waals surface area (Å²) >= 11 is 1.65. The Balaban J connectivity index is 1.47. The minimum Gasteiger partial charge on any atom is -0.326 e. The molecule has 0 aromatic heterocycles. The van der Waals surface area contributed by atoms with Crippen molar-refractivity contribution in [3.8, 4) is 0 Å². The maximum absolute atomic E-state index is 12.6. The summed E-state index contributed by atoms with van der Waals surface area (Å²) in [4.78, 5) is 27.0. The number of nitrogens with zero attached hydrogens (tertiary/aromatic N) is 1. The molecule has 0 spiro atoms. The van der Waals surface area contributed by atoms with Gasteiger partial charge in [-0.25, -0.2) is 0 Å². The standard InChI is InChI=1S/C25H30N2O2S/c1-17(2)18-10-14-22(15-11-18)27-23(28)16-30-25(27)20-8-12-21(13-9-20)26-24(29)19-6-4-3-5-7-19/h8-15,17,19,25H,3-7,16H2,1-2H3,(H,26,29)/t25-/m0/s1. The lowest BCUT2D eigenvalue weighted by molar-refractivity contribution is -0.120. The van der Waals surface area contributed by atoms with Crippen LogP contribution in [-0.2, 0) is 9.59 Å². The van der Waals surface area contributed by atoms with Gasteiger partial charge in [-0.1, -0.05) is 57.4 Å². The van der Waals surface area contributed by atoms with E-state index in [1.54, 1.807) is 11.8 Å². The molecule has 4 rings (SSSR count). The number of thioether (sulfide) groups is 1. The van der Waals surface area contributed by atoms with E-state index in [2.05, 4.69) is 31.3 Å². The Morgan fingerprint density at radius 2 is 1.67 bits per heavy atom. The molecule has 2 aromatic rings. The summed E-state index contributed by atoms with van der Waals surface area (Å²) in [6.45, 7) is 4.34. The maximum atomic E-state index is 12.6. The van der Waals surface area contributed by atoms with Crippen molar-refractivity contribution in [3.63, 3.8) is 0 Å². The number of rotatable bonds is 5. The van der Waals surface area contributed by atoms with Gasteiger partial charge in [-0.3, -0.25) is 14.5 Å². The minimum absolute atomic E-state index is 0.0366. The van der Waals surface area contributed by atoms with Gasteiger partial charge in [0.25, 0.3) is 0 Å². The van der Waals surface area contributed by atoms with Gasteiger partial charge < -0.3 is 5.32 Å². The second-order valence-corrected chi connectivity index (χ2v) is 9.69. The van der Waals surface area contributed by atoms with E-state index in [0.29, 0.717) is 11.7 Å². The molecule has 2 aromatic carbocycles. The normalized spacial score (nSPS) is 20.0. The van der Waals surface area contributed by atoms with Crippen molar-refractivity contribution < 1.29 is 9.59 Å². The predicted molar refractivity (Wildman–Crippen MR) is 125 cm³/mol. The van der Waals surface area contributed by atoms with Gasteiger partial charge >= 0.3 is 0 Å². The Hall–Kier alpha value is -2.27. The van der Waals surface area contributed by atoms with Crippen molar-refractivity contribution in [2.75, 3.05) is 16.0 Å². The summed E-state index contributed by atoms with van der Waals surface area (Å²) in [6, 6.07) is 16.3.